The first-order valence-corrected chi connectivity index (χ1v) is 11.4. The van der Waals surface area contributed by atoms with Crippen LogP contribution < -0.4 is 0 Å². The van der Waals surface area contributed by atoms with E-state index in [-0.39, 0.29) is 15.6 Å². The molecule has 0 saturated carbocycles. The zero-order valence-corrected chi connectivity index (χ0v) is 19.3. The average molecular weight is 458 g/mol. The van der Waals surface area contributed by atoms with Gasteiger partial charge in [0.15, 0.2) is 0 Å². The largest absolute Gasteiger partial charge is 0.465 e. The van der Waals surface area contributed by atoms with Crippen LogP contribution in [0.3, 0.4) is 0 Å². The molecule has 2 aromatic carbocycles. The third kappa shape index (κ3) is 4.46. The van der Waals surface area contributed by atoms with Crippen molar-refractivity contribution in [2.75, 3.05) is 13.4 Å². The van der Waals surface area contributed by atoms with Crippen molar-refractivity contribution < 1.29 is 13.7 Å². The highest BCUT2D eigenvalue weighted by Gasteiger charge is 2.30. The molecule has 2 rings (SSSR count). The third-order valence-corrected chi connectivity index (χ3v) is 7.07. The molecule has 150 valence electrons. The molecule has 0 fully saturated rings. The predicted octanol–water partition coefficient (Wildman–Crippen LogP) is 6.04. The lowest BCUT2D eigenvalue weighted by molar-refractivity contribution is 0.0601. The summed E-state index contributed by atoms with van der Waals surface area (Å²) < 4.78 is 17.2. The Bertz CT molecular complexity index is 969. The van der Waals surface area contributed by atoms with Gasteiger partial charge in [-0.1, -0.05) is 29.3 Å². The molecule has 0 saturated heterocycles. The van der Waals surface area contributed by atoms with Gasteiger partial charge < -0.3 is 4.74 Å². The van der Waals surface area contributed by atoms with Crippen LogP contribution in [-0.4, -0.2) is 33.3 Å². The predicted molar refractivity (Wildman–Crippen MR) is 120 cm³/mol. The van der Waals surface area contributed by atoms with E-state index in [1.807, 2.05) is 12.3 Å². The molecule has 0 aliphatic carbocycles. The highest BCUT2D eigenvalue weighted by atomic mass is 35.5. The van der Waals surface area contributed by atoms with Crippen molar-refractivity contribution in [1.29, 1.82) is 5.41 Å². The number of hydrogen-bond acceptors (Lipinski definition) is 5. The number of thioether (sulfide) groups is 1. The molecule has 1 unspecified atom stereocenters. The summed E-state index contributed by atoms with van der Waals surface area (Å²) in [5.74, 6) is -0.531. The highest BCUT2D eigenvalue weighted by Crippen LogP contribution is 2.43. The summed E-state index contributed by atoms with van der Waals surface area (Å²) in [6.07, 6.45) is 1.87. The van der Waals surface area contributed by atoms with Gasteiger partial charge in [0.2, 0.25) is 0 Å². The number of carbonyl (C=O) groups excluding carboxylic acids is 1. The van der Waals surface area contributed by atoms with E-state index in [1.165, 1.54) is 18.9 Å². The Morgan fingerprint density at radius 3 is 2.25 bits per heavy atom. The van der Waals surface area contributed by atoms with Gasteiger partial charge in [0.1, 0.15) is 5.04 Å². The Hall–Kier alpha value is -1.34. The van der Waals surface area contributed by atoms with Gasteiger partial charge in [-0.25, -0.2) is 4.79 Å². The number of hydrogen-bond donors (Lipinski definition) is 1. The summed E-state index contributed by atoms with van der Waals surface area (Å²) in [5, 5.41) is 9.02. The van der Waals surface area contributed by atoms with Crippen LogP contribution in [0.1, 0.15) is 36.7 Å². The monoisotopic (exact) mass is 457 g/mol. The summed E-state index contributed by atoms with van der Waals surface area (Å²) in [6, 6.07) is 8.40. The van der Waals surface area contributed by atoms with E-state index in [9.17, 15) is 9.00 Å². The fourth-order valence-corrected chi connectivity index (χ4v) is 4.86. The topological polar surface area (TPSA) is 67.2 Å². The first kappa shape index (κ1) is 22.9. The average Bonchev–Trinajstić information content (AvgIpc) is 2.66. The number of benzene rings is 2. The van der Waals surface area contributed by atoms with E-state index in [2.05, 4.69) is 0 Å². The lowest BCUT2D eigenvalue weighted by Crippen LogP contribution is -2.28. The number of esters is 1. The van der Waals surface area contributed by atoms with Gasteiger partial charge in [-0.05, 0) is 51.3 Å². The maximum atomic E-state index is 12.9. The summed E-state index contributed by atoms with van der Waals surface area (Å²) >= 11 is 14.4. The number of rotatable bonds is 4. The lowest BCUT2D eigenvalue weighted by Gasteiger charge is -2.22. The van der Waals surface area contributed by atoms with E-state index < -0.39 is 21.5 Å². The molecule has 0 heterocycles. The molecule has 0 aromatic heterocycles. The van der Waals surface area contributed by atoms with Gasteiger partial charge >= 0.3 is 5.97 Å². The van der Waals surface area contributed by atoms with Crippen LogP contribution in [0.15, 0.2) is 35.2 Å². The minimum absolute atomic E-state index is 0.137. The van der Waals surface area contributed by atoms with Gasteiger partial charge in [-0.15, -0.1) is 11.8 Å². The second-order valence-corrected chi connectivity index (χ2v) is 10.7. The smallest absolute Gasteiger partial charge is 0.338 e. The Balaban J connectivity index is 2.93. The standard InChI is InChI=1S/C20H21Cl2NO3S2/c1-20(2,3)28(25)18(23)17-13(22)10-9-12(21)16(17)15-11(19(24)26-4)7-6-8-14(15)27-5/h6-10,23H,1-5H3. The second kappa shape index (κ2) is 8.99. The zero-order chi connectivity index (χ0) is 21.2. The second-order valence-electron chi connectivity index (χ2n) is 6.86. The number of halogens is 2. The Kier molecular flexibility index (Phi) is 7.37. The highest BCUT2D eigenvalue weighted by molar-refractivity contribution is 8.02. The number of nitrogens with one attached hydrogen (secondary N) is 1. The number of carbonyl (C=O) groups is 1. The molecule has 28 heavy (non-hydrogen) atoms. The first-order chi connectivity index (χ1) is 13.0. The van der Waals surface area contributed by atoms with Crippen molar-refractivity contribution in [2.45, 2.75) is 30.4 Å². The normalized spacial score (nSPS) is 12.5. The van der Waals surface area contributed by atoms with E-state index in [4.69, 9.17) is 33.3 Å². The molecule has 0 aliphatic heterocycles. The first-order valence-electron chi connectivity index (χ1n) is 8.29. The van der Waals surface area contributed by atoms with Crippen LogP contribution in [0.2, 0.25) is 10.0 Å². The Morgan fingerprint density at radius 1 is 1.11 bits per heavy atom. The molecule has 0 amide bonds. The van der Waals surface area contributed by atoms with Crippen LogP contribution in [-0.2, 0) is 15.5 Å². The van der Waals surface area contributed by atoms with Crippen molar-refractivity contribution in [1.82, 2.24) is 0 Å². The molecule has 4 nitrogen and oxygen atoms in total. The molecule has 8 heteroatoms. The van der Waals surface area contributed by atoms with Crippen molar-refractivity contribution in [2.24, 2.45) is 0 Å². The van der Waals surface area contributed by atoms with Crippen molar-refractivity contribution in [3.05, 3.63) is 51.5 Å². The molecule has 0 aliphatic rings. The SMILES string of the molecule is COC(=O)c1cccc(SC)c1-c1c(Cl)ccc(Cl)c1C(=N)S(=O)C(C)(C)C. The van der Waals surface area contributed by atoms with Gasteiger partial charge in [-0.3, -0.25) is 9.62 Å². The van der Waals surface area contributed by atoms with Gasteiger partial charge in [0.05, 0.1) is 28.5 Å². The molecule has 1 atom stereocenters. The molecule has 1 N–H and O–H groups in total. The van der Waals surface area contributed by atoms with Crippen molar-refractivity contribution in [3.8, 4) is 11.1 Å². The number of ether oxygens (including phenoxy) is 1. The van der Waals surface area contributed by atoms with Crippen molar-refractivity contribution in [3.63, 3.8) is 0 Å². The molecule has 0 spiro atoms. The minimum atomic E-state index is -1.65. The maximum absolute atomic E-state index is 12.9. The Labute approximate surface area is 181 Å². The minimum Gasteiger partial charge on any atom is -0.465 e. The molecular weight excluding hydrogens is 437 g/mol. The van der Waals surface area contributed by atoms with E-state index in [0.717, 1.165) is 4.90 Å². The third-order valence-electron chi connectivity index (χ3n) is 3.97. The quantitative estimate of drug-likeness (QED) is 0.263. The van der Waals surface area contributed by atoms with Gasteiger partial charge in [0, 0.05) is 31.4 Å². The Morgan fingerprint density at radius 2 is 1.71 bits per heavy atom. The molecule has 0 radical (unpaired) electrons. The van der Waals surface area contributed by atoms with E-state index in [0.29, 0.717) is 21.7 Å². The summed E-state index contributed by atoms with van der Waals surface area (Å²) in [7, 11) is -0.345. The summed E-state index contributed by atoms with van der Waals surface area (Å²) in [4.78, 5) is 13.2. The lowest BCUT2D eigenvalue weighted by atomic mass is 9.95. The molecular formula is C20H21Cl2NO3S2. The van der Waals surface area contributed by atoms with Crippen molar-refractivity contribution >= 4 is 56.8 Å². The van der Waals surface area contributed by atoms with Crippen LogP contribution in [0, 0.1) is 5.41 Å². The zero-order valence-electron chi connectivity index (χ0n) is 16.2. The van der Waals surface area contributed by atoms with Crippen LogP contribution in [0.5, 0.6) is 0 Å². The summed E-state index contributed by atoms with van der Waals surface area (Å²) in [5.41, 5.74) is 1.48. The number of methoxy groups -OCH3 is 1. The molecule has 0 bridgehead atoms. The van der Waals surface area contributed by atoms with Crippen LogP contribution >= 0.6 is 35.0 Å². The van der Waals surface area contributed by atoms with Gasteiger partial charge in [0.25, 0.3) is 0 Å². The fraction of sp³-hybridized carbons (Fsp3) is 0.300. The van der Waals surface area contributed by atoms with E-state index >= 15 is 0 Å². The summed E-state index contributed by atoms with van der Waals surface area (Å²) in [6.45, 7) is 5.35. The van der Waals surface area contributed by atoms with Crippen LogP contribution in [0.4, 0.5) is 0 Å². The van der Waals surface area contributed by atoms with E-state index in [1.54, 1.807) is 45.0 Å². The van der Waals surface area contributed by atoms with Gasteiger partial charge in [-0.2, -0.15) is 0 Å². The fourth-order valence-electron chi connectivity index (χ4n) is 2.66. The maximum Gasteiger partial charge on any atom is 0.338 e. The molecule has 2 aromatic rings. The van der Waals surface area contributed by atoms with Crippen LogP contribution in [0.25, 0.3) is 11.1 Å².